The molecule has 2 aromatic carbocycles. The van der Waals surface area contributed by atoms with E-state index in [0.29, 0.717) is 12.2 Å². The van der Waals surface area contributed by atoms with E-state index in [9.17, 15) is 9.90 Å². The third-order valence-corrected chi connectivity index (χ3v) is 3.31. The maximum atomic E-state index is 12.1. The van der Waals surface area contributed by atoms with E-state index in [2.05, 4.69) is 0 Å². The topological polar surface area (TPSA) is 46.5 Å². The molecular weight excluding hydrogens is 300 g/mol. The fourth-order valence-corrected chi connectivity index (χ4v) is 2.02. The number of phenols is 1. The Bertz CT molecular complexity index is 675. The van der Waals surface area contributed by atoms with Crippen molar-refractivity contribution in [1.82, 2.24) is 0 Å². The zero-order valence-electron chi connectivity index (χ0n) is 12.3. The first-order chi connectivity index (χ1) is 10.6. The molecule has 0 unspecified atom stereocenters. The van der Waals surface area contributed by atoms with Crippen LogP contribution in [0.15, 0.2) is 48.5 Å². The Labute approximate surface area is 134 Å². The number of hydrogen-bond acceptors (Lipinski definition) is 3. The third kappa shape index (κ3) is 4.37. The van der Waals surface area contributed by atoms with Crippen molar-refractivity contribution in [3.8, 4) is 11.5 Å². The molecule has 0 atom stereocenters. The van der Waals surface area contributed by atoms with E-state index in [1.165, 1.54) is 12.1 Å². The lowest BCUT2D eigenvalue weighted by atomic mass is 10.1. The van der Waals surface area contributed by atoms with Gasteiger partial charge in [-0.1, -0.05) is 30.7 Å². The molecule has 0 saturated heterocycles. The van der Waals surface area contributed by atoms with E-state index in [1.807, 2.05) is 6.92 Å². The van der Waals surface area contributed by atoms with E-state index < -0.39 is 0 Å². The van der Waals surface area contributed by atoms with Gasteiger partial charge in [0.25, 0.3) is 0 Å². The van der Waals surface area contributed by atoms with Crippen molar-refractivity contribution in [3.63, 3.8) is 0 Å². The normalized spacial score (nSPS) is 10.8. The summed E-state index contributed by atoms with van der Waals surface area (Å²) in [6.45, 7) is 2.70. The van der Waals surface area contributed by atoms with Gasteiger partial charge in [-0.15, -0.1) is 0 Å². The van der Waals surface area contributed by atoms with E-state index >= 15 is 0 Å². The first-order valence-electron chi connectivity index (χ1n) is 7.04. The van der Waals surface area contributed by atoms with Gasteiger partial charge in [-0.05, 0) is 54.5 Å². The second-order valence-corrected chi connectivity index (χ2v) is 5.19. The molecule has 2 aromatic rings. The predicted molar refractivity (Wildman–Crippen MR) is 88.7 cm³/mol. The minimum Gasteiger partial charge on any atom is -0.506 e. The lowest BCUT2D eigenvalue weighted by Gasteiger charge is -2.04. The van der Waals surface area contributed by atoms with Gasteiger partial charge in [-0.25, -0.2) is 0 Å². The predicted octanol–water partition coefficient (Wildman–Crippen LogP) is 4.73. The molecule has 0 amide bonds. The Morgan fingerprint density at radius 1 is 1.23 bits per heavy atom. The van der Waals surface area contributed by atoms with Crippen LogP contribution >= 0.6 is 11.6 Å². The van der Waals surface area contributed by atoms with E-state index in [4.69, 9.17) is 16.3 Å². The van der Waals surface area contributed by atoms with Crippen molar-refractivity contribution in [2.24, 2.45) is 0 Å². The number of carbonyl (C=O) groups is 1. The number of allylic oxidation sites excluding steroid dienone is 1. The molecule has 1 N–H and O–H groups in total. The zero-order chi connectivity index (χ0) is 15.9. The Balaban J connectivity index is 2.04. The highest BCUT2D eigenvalue weighted by Crippen LogP contribution is 2.24. The molecule has 0 aliphatic rings. The largest absolute Gasteiger partial charge is 0.506 e. The molecule has 114 valence electrons. The maximum Gasteiger partial charge on any atom is 0.185 e. The number of benzene rings is 2. The van der Waals surface area contributed by atoms with Gasteiger partial charge in [0.15, 0.2) is 5.78 Å². The molecule has 2 rings (SSSR count). The van der Waals surface area contributed by atoms with Crippen LogP contribution < -0.4 is 4.74 Å². The first-order valence-corrected chi connectivity index (χ1v) is 7.41. The van der Waals surface area contributed by atoms with Gasteiger partial charge >= 0.3 is 0 Å². The molecule has 0 heterocycles. The van der Waals surface area contributed by atoms with Gasteiger partial charge in [0.05, 0.1) is 11.6 Å². The monoisotopic (exact) mass is 316 g/mol. The van der Waals surface area contributed by atoms with Crippen LogP contribution in [0.3, 0.4) is 0 Å². The summed E-state index contributed by atoms with van der Waals surface area (Å²) in [6.07, 6.45) is 4.08. The fraction of sp³-hybridized carbons (Fsp3) is 0.167. The van der Waals surface area contributed by atoms with Crippen LogP contribution in [0.2, 0.25) is 5.02 Å². The van der Waals surface area contributed by atoms with Crippen LogP contribution in [0.4, 0.5) is 0 Å². The maximum absolute atomic E-state index is 12.1. The average Bonchev–Trinajstić information content (AvgIpc) is 2.54. The van der Waals surface area contributed by atoms with Gasteiger partial charge in [-0.2, -0.15) is 0 Å². The standard InChI is InChI=1S/C18H17ClO3/c1-2-11-22-15-7-5-14(6-8-15)17(20)9-3-13-4-10-18(21)16(19)12-13/h3-10,12,21H,2,11H2,1H3/b9-3+. The second-order valence-electron chi connectivity index (χ2n) is 4.78. The second kappa shape index (κ2) is 7.66. The molecule has 0 spiro atoms. The van der Waals surface area contributed by atoms with Crippen molar-refractivity contribution in [1.29, 1.82) is 0 Å². The van der Waals surface area contributed by atoms with Gasteiger partial charge in [0.1, 0.15) is 11.5 Å². The quantitative estimate of drug-likeness (QED) is 0.619. The van der Waals surface area contributed by atoms with Crippen molar-refractivity contribution < 1.29 is 14.6 Å². The van der Waals surface area contributed by atoms with E-state index in [1.54, 1.807) is 42.5 Å². The molecule has 22 heavy (non-hydrogen) atoms. The fourth-order valence-electron chi connectivity index (χ4n) is 1.83. The molecular formula is C18H17ClO3. The minimum absolute atomic E-state index is 0.0211. The highest BCUT2D eigenvalue weighted by Gasteiger charge is 2.03. The highest BCUT2D eigenvalue weighted by molar-refractivity contribution is 6.32. The zero-order valence-corrected chi connectivity index (χ0v) is 13.0. The van der Waals surface area contributed by atoms with Gasteiger partial charge < -0.3 is 9.84 Å². The van der Waals surface area contributed by atoms with Crippen LogP contribution in [0.25, 0.3) is 6.08 Å². The number of ketones is 1. The molecule has 0 aliphatic carbocycles. The summed E-state index contributed by atoms with van der Waals surface area (Å²) in [5, 5.41) is 9.61. The Morgan fingerprint density at radius 3 is 2.59 bits per heavy atom. The summed E-state index contributed by atoms with van der Waals surface area (Å²) in [5.41, 5.74) is 1.34. The molecule has 0 fully saturated rings. The smallest absolute Gasteiger partial charge is 0.185 e. The number of rotatable bonds is 6. The van der Waals surface area contributed by atoms with Crippen molar-refractivity contribution in [2.45, 2.75) is 13.3 Å². The number of hydrogen-bond donors (Lipinski definition) is 1. The van der Waals surface area contributed by atoms with Crippen LogP contribution in [0.5, 0.6) is 11.5 Å². The number of ether oxygens (including phenoxy) is 1. The number of phenolic OH excluding ortho intramolecular Hbond substituents is 1. The van der Waals surface area contributed by atoms with Crippen molar-refractivity contribution in [3.05, 3.63) is 64.7 Å². The summed E-state index contributed by atoms with van der Waals surface area (Å²) in [4.78, 5) is 12.1. The lowest BCUT2D eigenvalue weighted by molar-refractivity contribution is 0.104. The van der Waals surface area contributed by atoms with Crippen LogP contribution in [0, 0.1) is 0 Å². The SMILES string of the molecule is CCCOc1ccc(C(=O)/C=C/c2ccc(O)c(Cl)c2)cc1. The van der Waals surface area contributed by atoms with Crippen molar-refractivity contribution in [2.75, 3.05) is 6.61 Å². The Hall–Kier alpha value is -2.26. The molecule has 0 bridgehead atoms. The molecule has 0 aromatic heterocycles. The van der Waals surface area contributed by atoms with Gasteiger partial charge in [-0.3, -0.25) is 4.79 Å². The molecule has 0 aliphatic heterocycles. The summed E-state index contributed by atoms with van der Waals surface area (Å²) in [5.74, 6) is 0.673. The van der Waals surface area contributed by atoms with E-state index in [-0.39, 0.29) is 16.6 Å². The minimum atomic E-state index is -0.105. The van der Waals surface area contributed by atoms with Gasteiger partial charge in [0.2, 0.25) is 0 Å². The summed E-state index contributed by atoms with van der Waals surface area (Å²) < 4.78 is 5.48. The summed E-state index contributed by atoms with van der Waals surface area (Å²) in [7, 11) is 0. The van der Waals surface area contributed by atoms with Crippen LogP contribution in [0.1, 0.15) is 29.3 Å². The van der Waals surface area contributed by atoms with Crippen molar-refractivity contribution >= 4 is 23.5 Å². The number of aromatic hydroxyl groups is 1. The van der Waals surface area contributed by atoms with E-state index in [0.717, 1.165) is 17.7 Å². The van der Waals surface area contributed by atoms with Crippen LogP contribution in [-0.2, 0) is 0 Å². The Kier molecular flexibility index (Phi) is 5.61. The Morgan fingerprint density at radius 2 is 1.95 bits per heavy atom. The van der Waals surface area contributed by atoms with Crippen LogP contribution in [-0.4, -0.2) is 17.5 Å². The molecule has 3 nitrogen and oxygen atoms in total. The highest BCUT2D eigenvalue weighted by atomic mass is 35.5. The molecule has 4 heteroatoms. The first kappa shape index (κ1) is 16.1. The third-order valence-electron chi connectivity index (χ3n) is 3.01. The summed E-state index contributed by atoms with van der Waals surface area (Å²) in [6, 6.07) is 11.8. The number of carbonyl (C=O) groups excluding carboxylic acids is 1. The molecule has 0 saturated carbocycles. The molecule has 0 radical (unpaired) electrons. The summed E-state index contributed by atoms with van der Waals surface area (Å²) >= 11 is 5.82. The van der Waals surface area contributed by atoms with Gasteiger partial charge in [0, 0.05) is 5.56 Å². The lowest BCUT2D eigenvalue weighted by Crippen LogP contribution is -1.97. The average molecular weight is 317 g/mol. The number of halogens is 1.